The van der Waals surface area contributed by atoms with E-state index in [1.54, 1.807) is 6.07 Å². The number of hydrogen-bond acceptors (Lipinski definition) is 6. The maximum Gasteiger partial charge on any atom is 0.317 e. The third-order valence-corrected chi connectivity index (χ3v) is 3.05. The van der Waals surface area contributed by atoms with Gasteiger partial charge in [-0.05, 0) is 31.7 Å². The standard InChI is InChI=1S/C14H19ClN4O2/c1-16-10-13-17-18-14(21-13)19(2)7-4-8-20-12-6-3-5-11(15)9-12/h3,5-6,9,16H,4,7-8,10H2,1-2H3. The Kier molecular flexibility index (Phi) is 5.83. The van der Waals surface area contributed by atoms with Crippen molar-refractivity contribution in [2.75, 3.05) is 32.1 Å². The van der Waals surface area contributed by atoms with Gasteiger partial charge in [-0.1, -0.05) is 22.8 Å². The zero-order valence-electron chi connectivity index (χ0n) is 12.2. The summed E-state index contributed by atoms with van der Waals surface area (Å²) in [6.45, 7) is 1.93. The SMILES string of the molecule is CNCc1nnc(N(C)CCCOc2cccc(Cl)c2)o1. The molecule has 1 aromatic heterocycles. The Morgan fingerprint density at radius 2 is 2.24 bits per heavy atom. The van der Waals surface area contributed by atoms with Crippen molar-refractivity contribution in [1.82, 2.24) is 15.5 Å². The Balaban J connectivity index is 1.72. The molecular formula is C14H19ClN4O2. The molecule has 0 saturated carbocycles. The van der Waals surface area contributed by atoms with E-state index in [2.05, 4.69) is 15.5 Å². The number of nitrogens with zero attached hydrogens (tertiary/aromatic N) is 3. The molecule has 0 spiro atoms. The molecule has 21 heavy (non-hydrogen) atoms. The number of anilines is 1. The lowest BCUT2D eigenvalue weighted by molar-refractivity contribution is 0.311. The van der Waals surface area contributed by atoms with Gasteiger partial charge in [-0.15, -0.1) is 5.10 Å². The van der Waals surface area contributed by atoms with Crippen LogP contribution in [0.5, 0.6) is 5.75 Å². The first-order chi connectivity index (χ1) is 10.2. The smallest absolute Gasteiger partial charge is 0.317 e. The summed E-state index contributed by atoms with van der Waals surface area (Å²) in [4.78, 5) is 1.91. The molecule has 0 aliphatic rings. The maximum atomic E-state index is 5.90. The van der Waals surface area contributed by atoms with Crippen molar-refractivity contribution < 1.29 is 9.15 Å². The Labute approximate surface area is 129 Å². The van der Waals surface area contributed by atoms with Crippen LogP contribution >= 0.6 is 11.6 Å². The molecule has 0 saturated heterocycles. The van der Waals surface area contributed by atoms with Gasteiger partial charge in [0.25, 0.3) is 0 Å². The number of ether oxygens (including phenoxy) is 1. The van der Waals surface area contributed by atoms with E-state index in [1.807, 2.05) is 37.2 Å². The van der Waals surface area contributed by atoms with Crippen molar-refractivity contribution in [3.63, 3.8) is 0 Å². The number of aromatic nitrogens is 2. The van der Waals surface area contributed by atoms with Crippen LogP contribution in [0.25, 0.3) is 0 Å². The second-order valence-corrected chi connectivity index (χ2v) is 5.03. The summed E-state index contributed by atoms with van der Waals surface area (Å²) in [6, 6.07) is 7.89. The Morgan fingerprint density at radius 3 is 3.00 bits per heavy atom. The van der Waals surface area contributed by atoms with E-state index >= 15 is 0 Å². The van der Waals surface area contributed by atoms with Gasteiger partial charge in [0.2, 0.25) is 5.89 Å². The van der Waals surface area contributed by atoms with Gasteiger partial charge in [0, 0.05) is 18.6 Å². The Morgan fingerprint density at radius 1 is 1.38 bits per heavy atom. The first kappa shape index (κ1) is 15.6. The van der Waals surface area contributed by atoms with Gasteiger partial charge in [-0.25, -0.2) is 0 Å². The minimum Gasteiger partial charge on any atom is -0.493 e. The molecule has 1 aromatic carbocycles. The van der Waals surface area contributed by atoms with Crippen LogP contribution in [0.4, 0.5) is 6.01 Å². The van der Waals surface area contributed by atoms with E-state index in [9.17, 15) is 0 Å². The number of nitrogens with one attached hydrogen (secondary N) is 1. The molecule has 7 heteroatoms. The van der Waals surface area contributed by atoms with E-state index in [0.29, 0.717) is 30.1 Å². The van der Waals surface area contributed by atoms with Gasteiger partial charge in [-0.2, -0.15) is 0 Å². The Bertz CT molecular complexity index is 561. The number of hydrogen-bond donors (Lipinski definition) is 1. The van der Waals surface area contributed by atoms with Crippen LogP contribution in [0.2, 0.25) is 5.02 Å². The minimum absolute atomic E-state index is 0.517. The summed E-state index contributed by atoms with van der Waals surface area (Å²) in [5, 5.41) is 11.6. The van der Waals surface area contributed by atoms with Crippen LogP contribution in [-0.2, 0) is 6.54 Å². The zero-order chi connectivity index (χ0) is 15.1. The lowest BCUT2D eigenvalue weighted by Crippen LogP contribution is -2.20. The first-order valence-corrected chi connectivity index (χ1v) is 7.13. The molecule has 0 aliphatic heterocycles. The van der Waals surface area contributed by atoms with Crippen LogP contribution in [0.3, 0.4) is 0 Å². The molecule has 1 N–H and O–H groups in total. The largest absolute Gasteiger partial charge is 0.493 e. The summed E-state index contributed by atoms with van der Waals surface area (Å²) in [5.41, 5.74) is 0. The van der Waals surface area contributed by atoms with Crippen LogP contribution in [0.15, 0.2) is 28.7 Å². The lowest BCUT2D eigenvalue weighted by atomic mass is 10.3. The molecule has 114 valence electrons. The third kappa shape index (κ3) is 4.91. The van der Waals surface area contributed by atoms with Gasteiger partial charge in [0.1, 0.15) is 5.75 Å². The average Bonchev–Trinajstić information content (AvgIpc) is 2.93. The molecule has 0 amide bonds. The van der Waals surface area contributed by atoms with Crippen molar-refractivity contribution in [3.05, 3.63) is 35.2 Å². The monoisotopic (exact) mass is 310 g/mol. The van der Waals surface area contributed by atoms with E-state index < -0.39 is 0 Å². The van der Waals surface area contributed by atoms with Gasteiger partial charge < -0.3 is 19.4 Å². The van der Waals surface area contributed by atoms with Crippen molar-refractivity contribution >= 4 is 17.6 Å². The van der Waals surface area contributed by atoms with Gasteiger partial charge in [0.05, 0.1) is 13.2 Å². The van der Waals surface area contributed by atoms with E-state index in [0.717, 1.165) is 18.7 Å². The van der Waals surface area contributed by atoms with Crippen LogP contribution < -0.4 is 15.0 Å². The summed E-state index contributed by atoms with van der Waals surface area (Å²) in [5.74, 6) is 1.36. The third-order valence-electron chi connectivity index (χ3n) is 2.81. The van der Waals surface area contributed by atoms with Crippen molar-refractivity contribution in [2.24, 2.45) is 0 Å². The normalized spacial score (nSPS) is 10.6. The van der Waals surface area contributed by atoms with Crippen molar-refractivity contribution in [2.45, 2.75) is 13.0 Å². The molecule has 0 aliphatic carbocycles. The summed E-state index contributed by atoms with van der Waals surface area (Å²) in [6.07, 6.45) is 0.840. The molecule has 2 aromatic rings. The molecule has 0 radical (unpaired) electrons. The van der Waals surface area contributed by atoms with E-state index in [-0.39, 0.29) is 0 Å². The fourth-order valence-electron chi connectivity index (χ4n) is 1.77. The van der Waals surface area contributed by atoms with Crippen LogP contribution in [0.1, 0.15) is 12.3 Å². The highest BCUT2D eigenvalue weighted by atomic mass is 35.5. The molecular weight excluding hydrogens is 292 g/mol. The molecule has 6 nitrogen and oxygen atoms in total. The van der Waals surface area contributed by atoms with Crippen molar-refractivity contribution in [1.29, 1.82) is 0 Å². The maximum absolute atomic E-state index is 5.90. The first-order valence-electron chi connectivity index (χ1n) is 6.75. The predicted molar refractivity (Wildman–Crippen MR) is 81.9 cm³/mol. The molecule has 0 bridgehead atoms. The quantitative estimate of drug-likeness (QED) is 0.755. The fourth-order valence-corrected chi connectivity index (χ4v) is 1.95. The highest BCUT2D eigenvalue weighted by molar-refractivity contribution is 6.30. The number of rotatable bonds is 8. The summed E-state index contributed by atoms with van der Waals surface area (Å²) >= 11 is 5.90. The molecule has 0 atom stereocenters. The number of benzene rings is 1. The molecule has 0 fully saturated rings. The predicted octanol–water partition coefficient (Wildman–Crippen LogP) is 2.35. The molecule has 0 unspecified atom stereocenters. The van der Waals surface area contributed by atoms with Crippen LogP contribution in [-0.4, -0.2) is 37.4 Å². The lowest BCUT2D eigenvalue weighted by Gasteiger charge is -2.14. The highest BCUT2D eigenvalue weighted by Gasteiger charge is 2.09. The minimum atomic E-state index is 0.517. The van der Waals surface area contributed by atoms with Gasteiger partial charge in [0.15, 0.2) is 0 Å². The zero-order valence-corrected chi connectivity index (χ0v) is 12.9. The van der Waals surface area contributed by atoms with Crippen LogP contribution in [0, 0.1) is 0 Å². The molecule has 1 heterocycles. The second kappa shape index (κ2) is 7.85. The van der Waals surface area contributed by atoms with E-state index in [1.165, 1.54) is 0 Å². The highest BCUT2D eigenvalue weighted by Crippen LogP contribution is 2.17. The summed E-state index contributed by atoms with van der Waals surface area (Å²) in [7, 11) is 3.75. The number of halogens is 1. The average molecular weight is 311 g/mol. The van der Waals surface area contributed by atoms with Gasteiger partial charge in [-0.3, -0.25) is 0 Å². The fraction of sp³-hybridized carbons (Fsp3) is 0.429. The molecule has 2 rings (SSSR count). The summed E-state index contributed by atoms with van der Waals surface area (Å²) < 4.78 is 11.1. The topological polar surface area (TPSA) is 63.4 Å². The van der Waals surface area contributed by atoms with Gasteiger partial charge >= 0.3 is 6.01 Å². The Hall–Kier alpha value is -1.79. The van der Waals surface area contributed by atoms with E-state index in [4.69, 9.17) is 20.8 Å². The van der Waals surface area contributed by atoms with Crippen molar-refractivity contribution in [3.8, 4) is 5.75 Å². The second-order valence-electron chi connectivity index (χ2n) is 4.59.